The lowest BCUT2D eigenvalue weighted by Gasteiger charge is -2.44. The first kappa shape index (κ1) is 9.53. The molecule has 0 aromatic heterocycles. The third kappa shape index (κ3) is 1.61. The molecule has 0 aromatic rings. The molecule has 0 aromatic carbocycles. The summed E-state index contributed by atoms with van der Waals surface area (Å²) in [7, 11) is 0. The van der Waals surface area contributed by atoms with E-state index in [9.17, 15) is 0 Å². The molecule has 3 aliphatic rings. The van der Waals surface area contributed by atoms with E-state index in [1.165, 1.54) is 57.2 Å². The minimum Gasteiger partial charge on any atom is -0.302 e. The van der Waals surface area contributed by atoms with E-state index in [1.807, 2.05) is 0 Å². The molecule has 1 aliphatic heterocycles. The molecule has 0 amide bonds. The Morgan fingerprint density at radius 2 is 1.93 bits per heavy atom. The fourth-order valence-electron chi connectivity index (χ4n) is 3.75. The summed E-state index contributed by atoms with van der Waals surface area (Å²) >= 11 is 2.21. The van der Waals surface area contributed by atoms with Gasteiger partial charge in [0.25, 0.3) is 0 Å². The molecule has 3 rings (SSSR count). The van der Waals surface area contributed by atoms with E-state index in [0.717, 1.165) is 11.8 Å². The molecule has 2 aliphatic carbocycles. The van der Waals surface area contributed by atoms with Crippen molar-refractivity contribution in [3.8, 4) is 0 Å². The highest BCUT2D eigenvalue weighted by Gasteiger charge is 2.43. The summed E-state index contributed by atoms with van der Waals surface area (Å²) in [6.45, 7) is 1.25. The van der Waals surface area contributed by atoms with E-state index in [4.69, 9.17) is 0 Å². The van der Waals surface area contributed by atoms with Gasteiger partial charge in [-0.25, -0.2) is 0 Å². The van der Waals surface area contributed by atoms with Crippen LogP contribution in [0.5, 0.6) is 0 Å². The topological polar surface area (TPSA) is 12.0 Å². The Hall–Kier alpha value is 0.310. The van der Waals surface area contributed by atoms with Gasteiger partial charge in [0.2, 0.25) is 0 Å². The summed E-state index contributed by atoms with van der Waals surface area (Å²) in [5, 5.41) is 3.77. The molecule has 2 saturated carbocycles. The summed E-state index contributed by atoms with van der Waals surface area (Å²) in [5.74, 6) is 3.50. The molecule has 0 bridgehead atoms. The van der Waals surface area contributed by atoms with Crippen LogP contribution in [-0.2, 0) is 0 Å². The quantitative estimate of drug-likeness (QED) is 0.661. The van der Waals surface area contributed by atoms with Gasteiger partial charge in [0.05, 0.1) is 4.87 Å². The number of hydrogen-bond acceptors (Lipinski definition) is 2. The zero-order chi connectivity index (χ0) is 9.43. The van der Waals surface area contributed by atoms with E-state index in [1.54, 1.807) is 0 Å². The fourth-order valence-corrected chi connectivity index (χ4v) is 5.14. The average molecular weight is 211 g/mol. The highest BCUT2D eigenvalue weighted by atomic mass is 32.2. The smallest absolute Gasteiger partial charge is 0.0648 e. The van der Waals surface area contributed by atoms with Gasteiger partial charge in [-0.15, -0.1) is 11.8 Å². The van der Waals surface area contributed by atoms with Crippen molar-refractivity contribution in [1.29, 1.82) is 0 Å². The maximum absolute atomic E-state index is 3.77. The van der Waals surface area contributed by atoms with Crippen LogP contribution < -0.4 is 5.32 Å². The molecule has 0 radical (unpaired) electrons. The van der Waals surface area contributed by atoms with E-state index < -0.39 is 0 Å². The second-order valence-corrected chi connectivity index (χ2v) is 6.80. The number of thioether (sulfide) groups is 1. The molecule has 1 saturated heterocycles. The van der Waals surface area contributed by atoms with Gasteiger partial charge in [0, 0.05) is 12.3 Å². The second-order valence-electron chi connectivity index (χ2n) is 5.32. The molecular formula is C12H21NS. The molecule has 1 heterocycles. The first-order chi connectivity index (χ1) is 6.88. The molecule has 1 nitrogen and oxygen atoms in total. The van der Waals surface area contributed by atoms with Gasteiger partial charge in [-0.05, 0) is 31.1 Å². The summed E-state index contributed by atoms with van der Waals surface area (Å²) in [4.78, 5) is 0.526. The van der Waals surface area contributed by atoms with Crippen molar-refractivity contribution in [1.82, 2.24) is 5.32 Å². The van der Waals surface area contributed by atoms with Crippen LogP contribution in [0.4, 0.5) is 0 Å². The third-order valence-corrected chi connectivity index (χ3v) is 5.98. The van der Waals surface area contributed by atoms with Crippen molar-refractivity contribution in [3.63, 3.8) is 0 Å². The zero-order valence-electron chi connectivity index (χ0n) is 8.93. The first-order valence-corrected chi connectivity index (χ1v) is 7.26. The van der Waals surface area contributed by atoms with Crippen LogP contribution in [0.1, 0.15) is 44.9 Å². The Labute approximate surface area is 91.4 Å². The molecule has 1 N–H and O–H groups in total. The van der Waals surface area contributed by atoms with E-state index in [0.29, 0.717) is 4.87 Å². The van der Waals surface area contributed by atoms with Crippen molar-refractivity contribution >= 4 is 11.8 Å². The highest BCUT2D eigenvalue weighted by Crippen LogP contribution is 2.49. The summed E-state index contributed by atoms with van der Waals surface area (Å²) in [5.41, 5.74) is 0. The SMILES string of the molecule is C1CC[C@@H]2C[C@@]3(CC[C@@H]2C1)NCCS3. The van der Waals surface area contributed by atoms with Crippen LogP contribution in [0, 0.1) is 11.8 Å². The lowest BCUT2D eigenvalue weighted by atomic mass is 9.69. The second kappa shape index (κ2) is 3.71. The minimum atomic E-state index is 0.526. The van der Waals surface area contributed by atoms with Gasteiger partial charge in [0.1, 0.15) is 0 Å². The van der Waals surface area contributed by atoms with Crippen molar-refractivity contribution in [2.24, 2.45) is 11.8 Å². The van der Waals surface area contributed by atoms with Crippen LogP contribution in [0.3, 0.4) is 0 Å². The normalized spacial score (nSPS) is 48.0. The van der Waals surface area contributed by atoms with E-state index in [2.05, 4.69) is 17.1 Å². The van der Waals surface area contributed by atoms with Gasteiger partial charge in [-0.3, -0.25) is 0 Å². The van der Waals surface area contributed by atoms with Gasteiger partial charge in [0.15, 0.2) is 0 Å². The fraction of sp³-hybridized carbons (Fsp3) is 1.00. The molecule has 0 unspecified atom stereocenters. The van der Waals surface area contributed by atoms with Crippen molar-refractivity contribution in [3.05, 3.63) is 0 Å². The lowest BCUT2D eigenvalue weighted by Crippen LogP contribution is -2.45. The van der Waals surface area contributed by atoms with Crippen molar-refractivity contribution < 1.29 is 0 Å². The molecule has 1 spiro atoms. The summed E-state index contributed by atoms with van der Waals surface area (Å²) in [6.07, 6.45) is 10.5. The highest BCUT2D eigenvalue weighted by molar-refractivity contribution is 8.00. The molecule has 3 fully saturated rings. The van der Waals surface area contributed by atoms with Crippen LogP contribution in [0.25, 0.3) is 0 Å². The average Bonchev–Trinajstić information content (AvgIpc) is 2.66. The largest absolute Gasteiger partial charge is 0.302 e. The molecular weight excluding hydrogens is 190 g/mol. The molecule has 80 valence electrons. The predicted octanol–water partition coefficient (Wildman–Crippen LogP) is 3.01. The maximum Gasteiger partial charge on any atom is 0.0648 e. The number of nitrogens with one attached hydrogen (secondary N) is 1. The lowest BCUT2D eigenvalue weighted by molar-refractivity contribution is 0.135. The van der Waals surface area contributed by atoms with Crippen molar-refractivity contribution in [2.75, 3.05) is 12.3 Å². The number of fused-ring (bicyclic) bond motifs is 1. The van der Waals surface area contributed by atoms with Gasteiger partial charge in [-0.2, -0.15) is 0 Å². The Morgan fingerprint density at radius 1 is 1.07 bits per heavy atom. The van der Waals surface area contributed by atoms with Gasteiger partial charge >= 0.3 is 0 Å². The zero-order valence-corrected chi connectivity index (χ0v) is 9.74. The predicted molar refractivity (Wildman–Crippen MR) is 62.5 cm³/mol. The van der Waals surface area contributed by atoms with Gasteiger partial charge in [-0.1, -0.05) is 25.7 Å². The van der Waals surface area contributed by atoms with E-state index in [-0.39, 0.29) is 0 Å². The maximum atomic E-state index is 3.77. The number of hydrogen-bond donors (Lipinski definition) is 1. The van der Waals surface area contributed by atoms with Gasteiger partial charge < -0.3 is 5.32 Å². The molecule has 14 heavy (non-hydrogen) atoms. The number of rotatable bonds is 0. The first-order valence-electron chi connectivity index (χ1n) is 6.27. The van der Waals surface area contributed by atoms with Crippen LogP contribution in [0.2, 0.25) is 0 Å². The molecule has 2 heteroatoms. The van der Waals surface area contributed by atoms with Crippen LogP contribution >= 0.6 is 11.8 Å². The summed E-state index contributed by atoms with van der Waals surface area (Å²) < 4.78 is 0. The standard InChI is InChI=1S/C12H21NS/c1-2-4-11-9-12(13-7-8-14-12)6-5-10(11)3-1/h10-11,13H,1-9H2/t10-,11+,12-/m0/s1. The minimum absolute atomic E-state index is 0.526. The Balaban J connectivity index is 1.70. The van der Waals surface area contributed by atoms with Crippen LogP contribution in [0.15, 0.2) is 0 Å². The Kier molecular flexibility index (Phi) is 2.53. The Bertz CT molecular complexity index is 210. The van der Waals surface area contributed by atoms with Crippen molar-refractivity contribution in [2.45, 2.75) is 49.8 Å². The Morgan fingerprint density at radius 3 is 2.71 bits per heavy atom. The van der Waals surface area contributed by atoms with E-state index >= 15 is 0 Å². The monoisotopic (exact) mass is 211 g/mol. The molecule has 3 atom stereocenters. The third-order valence-electron chi connectivity index (χ3n) is 4.50. The van der Waals surface area contributed by atoms with Crippen LogP contribution in [-0.4, -0.2) is 17.2 Å². The summed E-state index contributed by atoms with van der Waals surface area (Å²) in [6, 6.07) is 0.